The molecule has 0 aliphatic heterocycles. The third kappa shape index (κ3) is 3.01. The quantitative estimate of drug-likeness (QED) is 0.432. The van der Waals surface area contributed by atoms with Crippen molar-refractivity contribution in [3.63, 3.8) is 0 Å². The van der Waals surface area contributed by atoms with Crippen LogP contribution >= 0.6 is 0 Å². The molecule has 2 nitrogen and oxygen atoms in total. The van der Waals surface area contributed by atoms with Crippen molar-refractivity contribution in [1.82, 2.24) is 4.98 Å². The maximum Gasteiger partial charge on any atom is 0.288 e. The van der Waals surface area contributed by atoms with Gasteiger partial charge in [-0.2, -0.15) is 0 Å². The first-order valence-corrected chi connectivity index (χ1v) is 7.56. The lowest BCUT2D eigenvalue weighted by Crippen LogP contribution is -2.20. The van der Waals surface area contributed by atoms with Crippen molar-refractivity contribution < 1.29 is 4.40 Å². The summed E-state index contributed by atoms with van der Waals surface area (Å²) in [6.45, 7) is 8.45. The minimum absolute atomic E-state index is 0.298. The van der Waals surface area contributed by atoms with E-state index in [2.05, 4.69) is 60.3 Å². The summed E-state index contributed by atoms with van der Waals surface area (Å²) < 4.78 is 2.13. The highest BCUT2D eigenvalue weighted by Crippen LogP contribution is 2.30. The number of hydrogen-bond donors (Lipinski definition) is 1. The second-order valence-corrected chi connectivity index (χ2v) is 5.21. The van der Waals surface area contributed by atoms with Crippen LogP contribution in [-0.4, -0.2) is 4.98 Å². The Morgan fingerprint density at radius 1 is 1.40 bits per heavy atom. The fourth-order valence-corrected chi connectivity index (χ4v) is 2.81. The van der Waals surface area contributed by atoms with Gasteiger partial charge in [0.25, 0.3) is 5.65 Å². The summed E-state index contributed by atoms with van der Waals surface area (Å²) in [5.41, 5.74) is 3.93. The van der Waals surface area contributed by atoms with Crippen LogP contribution in [0, 0.1) is 0 Å². The van der Waals surface area contributed by atoms with Crippen LogP contribution in [0.15, 0.2) is 55.0 Å². The van der Waals surface area contributed by atoms with Gasteiger partial charge in [-0.05, 0) is 31.9 Å². The van der Waals surface area contributed by atoms with Crippen LogP contribution in [-0.2, 0) is 0 Å². The van der Waals surface area contributed by atoms with Gasteiger partial charge >= 0.3 is 0 Å². The number of hydrogen-bond acceptors (Lipinski definition) is 0. The van der Waals surface area contributed by atoms with Gasteiger partial charge < -0.3 is 0 Å². The van der Waals surface area contributed by atoms with Crippen molar-refractivity contribution in [2.45, 2.75) is 45.4 Å². The van der Waals surface area contributed by atoms with E-state index in [1.54, 1.807) is 0 Å². The lowest BCUT2D eigenvalue weighted by atomic mass is 9.88. The maximum absolute atomic E-state index is 4.06. The van der Waals surface area contributed by atoms with Crippen molar-refractivity contribution in [1.29, 1.82) is 0 Å². The molecule has 0 bridgehead atoms. The smallest absolute Gasteiger partial charge is 0.243 e. The highest BCUT2D eigenvalue weighted by Gasteiger charge is 2.19. The van der Waals surface area contributed by atoms with Gasteiger partial charge in [0, 0.05) is 5.92 Å². The van der Waals surface area contributed by atoms with Crippen molar-refractivity contribution >= 4 is 5.65 Å². The predicted molar refractivity (Wildman–Crippen MR) is 84.8 cm³/mol. The van der Waals surface area contributed by atoms with Crippen LogP contribution in [0.4, 0.5) is 0 Å². The molecule has 0 saturated heterocycles. The Morgan fingerprint density at radius 2 is 2.25 bits per heavy atom. The van der Waals surface area contributed by atoms with E-state index in [-0.39, 0.29) is 0 Å². The summed E-state index contributed by atoms with van der Waals surface area (Å²) in [4.78, 5) is 3.34. The molecule has 1 N–H and O–H groups in total. The first-order chi connectivity index (χ1) is 9.81. The molecule has 0 spiro atoms. The number of allylic oxidation sites excluding steroid dienone is 3. The number of nitrogens with zero attached hydrogens (tertiary/aromatic N) is 1. The fraction of sp³-hybridized carbons (Fsp3) is 0.389. The van der Waals surface area contributed by atoms with Crippen molar-refractivity contribution in [2.75, 3.05) is 0 Å². The van der Waals surface area contributed by atoms with Crippen LogP contribution in [0.25, 0.3) is 5.65 Å². The molecule has 2 aromatic rings. The Balaban J connectivity index is 2.31. The van der Waals surface area contributed by atoms with Crippen LogP contribution in [0.2, 0.25) is 0 Å². The summed E-state index contributed by atoms with van der Waals surface area (Å²) in [7, 11) is 0. The average molecular weight is 269 g/mol. The van der Waals surface area contributed by atoms with E-state index in [1.807, 2.05) is 12.4 Å². The summed E-state index contributed by atoms with van der Waals surface area (Å²) >= 11 is 0. The minimum atomic E-state index is 0.298. The SMILES string of the molecule is C=CC(C(=CC)CCCCC)c1ccc[n+]2cc[nH]c12. The molecule has 0 fully saturated rings. The molecule has 0 aliphatic carbocycles. The third-order valence-corrected chi connectivity index (χ3v) is 3.92. The van der Waals surface area contributed by atoms with Gasteiger partial charge in [-0.15, -0.1) is 6.58 Å². The van der Waals surface area contributed by atoms with E-state index in [0.717, 1.165) is 12.1 Å². The number of rotatable bonds is 7. The number of pyridine rings is 1. The highest BCUT2D eigenvalue weighted by molar-refractivity contribution is 5.48. The molecule has 2 aromatic heterocycles. The number of nitrogens with one attached hydrogen (secondary N) is 1. The van der Waals surface area contributed by atoms with Crippen LogP contribution in [0.1, 0.15) is 51.0 Å². The first kappa shape index (κ1) is 14.6. The molecule has 0 amide bonds. The standard InChI is InChI=1S/C18H24N2/c1-4-7-8-10-15(5-2)16(6-3)17-11-9-13-20-14-12-19-18(17)20/h5-6,9,11-14,16H,3-4,7-8,10H2,1-2H3/p+1. The zero-order chi connectivity index (χ0) is 14.4. The van der Waals surface area contributed by atoms with Gasteiger partial charge in [0.2, 0.25) is 0 Å². The van der Waals surface area contributed by atoms with Gasteiger partial charge in [-0.1, -0.05) is 37.5 Å². The molecular weight excluding hydrogens is 244 g/mol. The number of aromatic amines is 1. The maximum atomic E-state index is 4.06. The lowest BCUT2D eigenvalue weighted by Gasteiger charge is -2.16. The Bertz CT molecular complexity index is 592. The number of imidazole rings is 1. The van der Waals surface area contributed by atoms with Gasteiger partial charge in [0.05, 0.1) is 11.8 Å². The van der Waals surface area contributed by atoms with E-state index in [0.29, 0.717) is 5.92 Å². The fourth-order valence-electron chi connectivity index (χ4n) is 2.81. The molecule has 106 valence electrons. The molecule has 0 radical (unpaired) electrons. The normalized spacial score (nSPS) is 13.6. The molecule has 0 aromatic carbocycles. The minimum Gasteiger partial charge on any atom is -0.243 e. The van der Waals surface area contributed by atoms with Crippen LogP contribution in [0.3, 0.4) is 0 Å². The Labute approximate surface area is 121 Å². The first-order valence-electron chi connectivity index (χ1n) is 7.56. The molecule has 20 heavy (non-hydrogen) atoms. The van der Waals surface area contributed by atoms with Crippen molar-refractivity contribution in [3.8, 4) is 0 Å². The van der Waals surface area contributed by atoms with Gasteiger partial charge in [0.1, 0.15) is 12.4 Å². The molecule has 1 atom stereocenters. The molecule has 2 heterocycles. The number of unbranched alkanes of at least 4 members (excludes halogenated alkanes) is 2. The van der Waals surface area contributed by atoms with Crippen molar-refractivity contribution in [2.24, 2.45) is 0 Å². The molecule has 2 rings (SSSR count). The Hall–Kier alpha value is -1.83. The molecule has 2 heteroatoms. The summed E-state index contributed by atoms with van der Waals surface area (Å²) in [6, 6.07) is 4.30. The Morgan fingerprint density at radius 3 is 2.95 bits per heavy atom. The summed E-state index contributed by atoms with van der Waals surface area (Å²) in [6.07, 6.45) is 15.4. The molecule has 0 aliphatic rings. The largest absolute Gasteiger partial charge is 0.288 e. The highest BCUT2D eigenvalue weighted by atomic mass is 15.0. The van der Waals surface area contributed by atoms with Gasteiger partial charge in [0.15, 0.2) is 0 Å². The molecule has 0 saturated carbocycles. The summed E-state index contributed by atoms with van der Waals surface area (Å²) in [5, 5.41) is 0. The van der Waals surface area contributed by atoms with Gasteiger partial charge in [-0.25, -0.2) is 9.38 Å². The zero-order valence-electron chi connectivity index (χ0n) is 12.6. The van der Waals surface area contributed by atoms with E-state index in [9.17, 15) is 0 Å². The number of aromatic nitrogens is 2. The van der Waals surface area contributed by atoms with E-state index in [1.165, 1.54) is 30.4 Å². The molecular formula is C18H25N2+. The van der Waals surface area contributed by atoms with E-state index >= 15 is 0 Å². The van der Waals surface area contributed by atoms with Gasteiger partial charge in [-0.3, -0.25) is 0 Å². The topological polar surface area (TPSA) is 19.9 Å². The predicted octanol–water partition coefficient (Wildman–Crippen LogP) is 4.55. The zero-order valence-corrected chi connectivity index (χ0v) is 12.6. The average Bonchev–Trinajstić information content (AvgIpc) is 2.95. The third-order valence-electron chi connectivity index (χ3n) is 3.92. The van der Waals surface area contributed by atoms with E-state index in [4.69, 9.17) is 0 Å². The number of fused-ring (bicyclic) bond motifs is 1. The summed E-state index contributed by atoms with van der Waals surface area (Å²) in [5.74, 6) is 0.298. The monoisotopic (exact) mass is 269 g/mol. The van der Waals surface area contributed by atoms with Crippen molar-refractivity contribution in [3.05, 3.63) is 60.6 Å². The lowest BCUT2D eigenvalue weighted by molar-refractivity contribution is -0.510. The number of H-pyrrole nitrogens is 1. The Kier molecular flexibility index (Phi) is 5.16. The van der Waals surface area contributed by atoms with Crippen LogP contribution < -0.4 is 4.40 Å². The second-order valence-electron chi connectivity index (χ2n) is 5.21. The second kappa shape index (κ2) is 7.09. The molecule has 1 unspecified atom stereocenters. The van der Waals surface area contributed by atoms with E-state index < -0.39 is 0 Å². The van der Waals surface area contributed by atoms with Crippen LogP contribution in [0.5, 0.6) is 0 Å².